The molecule has 8 heteroatoms. The maximum Gasteiger partial charge on any atom is 0.229 e. The van der Waals surface area contributed by atoms with Crippen molar-refractivity contribution in [3.05, 3.63) is 65.2 Å². The summed E-state index contributed by atoms with van der Waals surface area (Å²) < 4.78 is 25.4. The monoisotopic (exact) mass is 401 g/mol. The first-order valence-corrected chi connectivity index (χ1v) is 11.0. The van der Waals surface area contributed by atoms with Crippen LogP contribution in [0.25, 0.3) is 10.6 Å². The molecule has 0 aliphatic carbocycles. The summed E-state index contributed by atoms with van der Waals surface area (Å²) in [6.07, 6.45) is 1.14. The zero-order valence-corrected chi connectivity index (χ0v) is 16.5. The molecule has 6 nitrogen and oxygen atoms in total. The van der Waals surface area contributed by atoms with E-state index in [1.807, 2.05) is 36.6 Å². The molecule has 0 bridgehead atoms. The van der Waals surface area contributed by atoms with Gasteiger partial charge in [-0.1, -0.05) is 18.2 Å². The van der Waals surface area contributed by atoms with Gasteiger partial charge in [-0.05, 0) is 42.8 Å². The van der Waals surface area contributed by atoms with Crippen molar-refractivity contribution >= 4 is 38.6 Å². The van der Waals surface area contributed by atoms with Gasteiger partial charge < -0.3 is 5.32 Å². The van der Waals surface area contributed by atoms with Crippen LogP contribution >= 0.6 is 11.3 Å². The van der Waals surface area contributed by atoms with Crippen molar-refractivity contribution in [3.63, 3.8) is 0 Å². The standard InChI is InChI=1S/C19H19N3O3S2/c1-13-12-26-19(20-13)14-7-9-16(10-8-14)21-18(23)11-15-5-3-4-6-17(15)22-27(2,24)25/h3-10,12,22H,11H2,1-2H3,(H,21,23). The molecule has 140 valence electrons. The van der Waals surface area contributed by atoms with E-state index in [0.29, 0.717) is 16.9 Å². The molecule has 0 aliphatic heterocycles. The van der Waals surface area contributed by atoms with E-state index in [1.165, 1.54) is 0 Å². The van der Waals surface area contributed by atoms with Crippen molar-refractivity contribution in [2.75, 3.05) is 16.3 Å². The third-order valence-corrected chi connectivity index (χ3v) is 5.30. The van der Waals surface area contributed by atoms with Crippen molar-refractivity contribution in [3.8, 4) is 10.6 Å². The van der Waals surface area contributed by atoms with E-state index in [2.05, 4.69) is 15.0 Å². The van der Waals surface area contributed by atoms with Gasteiger partial charge in [0.1, 0.15) is 5.01 Å². The highest BCUT2D eigenvalue weighted by Crippen LogP contribution is 2.25. The summed E-state index contributed by atoms with van der Waals surface area (Å²) in [5.74, 6) is -0.226. The number of nitrogens with zero attached hydrogens (tertiary/aromatic N) is 1. The molecule has 0 aliphatic rings. The molecular formula is C19H19N3O3S2. The summed E-state index contributed by atoms with van der Waals surface area (Å²) in [6, 6.07) is 14.3. The quantitative estimate of drug-likeness (QED) is 0.660. The molecule has 0 saturated heterocycles. The lowest BCUT2D eigenvalue weighted by atomic mass is 10.1. The number of carbonyl (C=O) groups is 1. The lowest BCUT2D eigenvalue weighted by Gasteiger charge is -2.11. The fourth-order valence-corrected chi connectivity index (χ4v) is 3.94. The Morgan fingerprint density at radius 2 is 1.81 bits per heavy atom. The Morgan fingerprint density at radius 1 is 1.11 bits per heavy atom. The van der Waals surface area contributed by atoms with Gasteiger partial charge in [0.2, 0.25) is 15.9 Å². The van der Waals surface area contributed by atoms with Gasteiger partial charge in [-0.3, -0.25) is 9.52 Å². The number of aromatic nitrogens is 1. The number of sulfonamides is 1. The van der Waals surface area contributed by atoms with Gasteiger partial charge in [0, 0.05) is 22.3 Å². The summed E-state index contributed by atoms with van der Waals surface area (Å²) in [6.45, 7) is 1.95. The normalized spacial score (nSPS) is 11.2. The Hall–Kier alpha value is -2.71. The SMILES string of the molecule is Cc1csc(-c2ccc(NC(=O)Cc3ccccc3NS(C)(=O)=O)cc2)n1. The lowest BCUT2D eigenvalue weighted by molar-refractivity contribution is -0.115. The highest BCUT2D eigenvalue weighted by Gasteiger charge is 2.11. The molecular weight excluding hydrogens is 382 g/mol. The number of benzene rings is 2. The Balaban J connectivity index is 1.68. The highest BCUT2D eigenvalue weighted by molar-refractivity contribution is 7.92. The second-order valence-corrected chi connectivity index (χ2v) is 8.73. The van der Waals surface area contributed by atoms with Gasteiger partial charge >= 0.3 is 0 Å². The molecule has 1 heterocycles. The van der Waals surface area contributed by atoms with E-state index in [0.717, 1.165) is 22.5 Å². The van der Waals surface area contributed by atoms with Gasteiger partial charge in [-0.2, -0.15) is 0 Å². The number of hydrogen-bond acceptors (Lipinski definition) is 5. The van der Waals surface area contributed by atoms with Gasteiger partial charge in [-0.15, -0.1) is 11.3 Å². The van der Waals surface area contributed by atoms with E-state index in [4.69, 9.17) is 0 Å². The minimum atomic E-state index is -3.41. The van der Waals surface area contributed by atoms with Crippen LogP contribution in [-0.4, -0.2) is 25.6 Å². The third-order valence-electron chi connectivity index (χ3n) is 3.70. The van der Waals surface area contributed by atoms with Crippen LogP contribution in [0.3, 0.4) is 0 Å². The number of hydrogen-bond donors (Lipinski definition) is 2. The molecule has 27 heavy (non-hydrogen) atoms. The van der Waals surface area contributed by atoms with Crippen LogP contribution < -0.4 is 10.0 Å². The summed E-state index contributed by atoms with van der Waals surface area (Å²) in [4.78, 5) is 16.8. The van der Waals surface area contributed by atoms with Crippen LogP contribution in [0.2, 0.25) is 0 Å². The Labute approximate surface area is 162 Å². The average Bonchev–Trinajstić information content (AvgIpc) is 3.02. The van der Waals surface area contributed by atoms with E-state index >= 15 is 0 Å². The molecule has 3 aromatic rings. The lowest BCUT2D eigenvalue weighted by Crippen LogP contribution is -2.17. The minimum Gasteiger partial charge on any atom is -0.326 e. The van der Waals surface area contributed by atoms with Crippen LogP contribution in [0, 0.1) is 6.92 Å². The molecule has 0 spiro atoms. The molecule has 0 radical (unpaired) electrons. The number of para-hydroxylation sites is 1. The fourth-order valence-electron chi connectivity index (χ4n) is 2.53. The number of carbonyl (C=O) groups excluding carboxylic acids is 1. The molecule has 0 fully saturated rings. The Kier molecular flexibility index (Phi) is 5.57. The largest absolute Gasteiger partial charge is 0.326 e. The fraction of sp³-hybridized carbons (Fsp3) is 0.158. The molecule has 3 rings (SSSR count). The first-order valence-electron chi connectivity index (χ1n) is 8.18. The number of amides is 1. The maximum absolute atomic E-state index is 12.4. The summed E-state index contributed by atoms with van der Waals surface area (Å²) >= 11 is 1.58. The van der Waals surface area contributed by atoms with Crippen LogP contribution in [0.5, 0.6) is 0 Å². The van der Waals surface area contributed by atoms with Crippen LogP contribution in [-0.2, 0) is 21.2 Å². The number of rotatable bonds is 6. The molecule has 0 atom stereocenters. The second-order valence-electron chi connectivity index (χ2n) is 6.13. The number of thiazole rings is 1. The smallest absolute Gasteiger partial charge is 0.229 e. The summed E-state index contributed by atoms with van der Waals surface area (Å²) in [7, 11) is -3.41. The van der Waals surface area contributed by atoms with Crippen molar-refractivity contribution in [2.45, 2.75) is 13.3 Å². The zero-order valence-electron chi connectivity index (χ0n) is 14.9. The van der Waals surface area contributed by atoms with Gasteiger partial charge in [0.05, 0.1) is 18.4 Å². The Morgan fingerprint density at radius 3 is 2.44 bits per heavy atom. The molecule has 2 aromatic carbocycles. The molecule has 1 aromatic heterocycles. The molecule has 2 N–H and O–H groups in total. The summed E-state index contributed by atoms with van der Waals surface area (Å²) in [5.41, 5.74) is 3.66. The molecule has 0 saturated carbocycles. The third kappa shape index (κ3) is 5.38. The minimum absolute atomic E-state index is 0.0616. The highest BCUT2D eigenvalue weighted by atomic mass is 32.2. The predicted octanol–water partition coefficient (Wildman–Crippen LogP) is 3.67. The van der Waals surface area contributed by atoms with E-state index in [-0.39, 0.29) is 12.3 Å². The topological polar surface area (TPSA) is 88.2 Å². The molecule has 0 unspecified atom stereocenters. The van der Waals surface area contributed by atoms with E-state index in [1.54, 1.807) is 35.6 Å². The Bertz CT molecular complexity index is 1060. The molecule has 1 amide bonds. The number of anilines is 2. The van der Waals surface area contributed by atoms with E-state index in [9.17, 15) is 13.2 Å². The number of nitrogens with one attached hydrogen (secondary N) is 2. The predicted molar refractivity (Wildman–Crippen MR) is 110 cm³/mol. The van der Waals surface area contributed by atoms with Crippen molar-refractivity contribution in [2.24, 2.45) is 0 Å². The number of aryl methyl sites for hydroxylation is 1. The van der Waals surface area contributed by atoms with Gasteiger partial charge in [-0.25, -0.2) is 13.4 Å². The van der Waals surface area contributed by atoms with Crippen LogP contribution in [0.15, 0.2) is 53.9 Å². The second kappa shape index (κ2) is 7.89. The first kappa shape index (κ1) is 19.1. The van der Waals surface area contributed by atoms with Gasteiger partial charge in [0.15, 0.2) is 0 Å². The zero-order chi connectivity index (χ0) is 19.4. The maximum atomic E-state index is 12.4. The van der Waals surface area contributed by atoms with Crippen molar-refractivity contribution < 1.29 is 13.2 Å². The van der Waals surface area contributed by atoms with Crippen molar-refractivity contribution in [1.29, 1.82) is 0 Å². The first-order chi connectivity index (χ1) is 12.8. The van der Waals surface area contributed by atoms with Gasteiger partial charge in [0.25, 0.3) is 0 Å². The van der Waals surface area contributed by atoms with Crippen LogP contribution in [0.4, 0.5) is 11.4 Å². The average molecular weight is 402 g/mol. The van der Waals surface area contributed by atoms with E-state index < -0.39 is 10.0 Å². The summed E-state index contributed by atoms with van der Waals surface area (Å²) in [5, 5.41) is 5.76. The van der Waals surface area contributed by atoms with Crippen LogP contribution in [0.1, 0.15) is 11.3 Å². The van der Waals surface area contributed by atoms with Crippen molar-refractivity contribution in [1.82, 2.24) is 4.98 Å².